The summed E-state index contributed by atoms with van der Waals surface area (Å²) in [6.45, 7) is 8.73. The molecule has 1 aromatic carbocycles. The van der Waals surface area contributed by atoms with E-state index in [1.54, 1.807) is 0 Å². The number of rotatable bonds is 7. The van der Waals surface area contributed by atoms with Crippen LogP contribution in [0.3, 0.4) is 0 Å². The molecular weight excluding hydrogens is 250 g/mol. The summed E-state index contributed by atoms with van der Waals surface area (Å²) in [7, 11) is 0. The summed E-state index contributed by atoms with van der Waals surface area (Å²) in [5.74, 6) is -0.825. The Morgan fingerprint density at radius 1 is 1.30 bits per heavy atom. The van der Waals surface area contributed by atoms with Gasteiger partial charge in [-0.25, -0.2) is 0 Å². The summed E-state index contributed by atoms with van der Waals surface area (Å²) in [6, 6.07) is 4.42. The molecule has 0 saturated carbocycles. The van der Waals surface area contributed by atoms with E-state index >= 15 is 0 Å². The highest BCUT2D eigenvalue weighted by Gasteiger charge is 2.21. The lowest BCUT2D eigenvalue weighted by Crippen LogP contribution is -2.26. The van der Waals surface area contributed by atoms with Crippen LogP contribution in [0.25, 0.3) is 0 Å². The minimum atomic E-state index is -0.775. The average Bonchev–Trinajstić information content (AvgIpc) is 2.39. The van der Waals surface area contributed by atoms with Crippen molar-refractivity contribution in [2.75, 3.05) is 6.54 Å². The average molecular weight is 277 g/mol. The standard InChI is InChI=1S/C17H27NO2/c1-5-14(9-16(10-18)17(19)20)8-15-7-11(2)6-12(3)13(15)4/h6-7,14,16H,5,8-10,18H2,1-4H3,(H,19,20). The molecule has 3 N–H and O–H groups in total. The SMILES string of the molecule is CCC(Cc1cc(C)cc(C)c1C)CC(CN)C(=O)O. The molecule has 3 nitrogen and oxygen atoms in total. The zero-order valence-corrected chi connectivity index (χ0v) is 13.1. The third-order valence-electron chi connectivity index (χ3n) is 4.26. The molecule has 20 heavy (non-hydrogen) atoms. The first-order chi connectivity index (χ1) is 9.38. The van der Waals surface area contributed by atoms with Crippen LogP contribution in [0, 0.1) is 32.6 Å². The number of carbonyl (C=O) groups is 1. The maximum atomic E-state index is 11.1. The van der Waals surface area contributed by atoms with E-state index in [-0.39, 0.29) is 6.54 Å². The molecule has 3 heteroatoms. The number of aryl methyl sites for hydroxylation is 2. The van der Waals surface area contributed by atoms with Crippen LogP contribution in [0.5, 0.6) is 0 Å². The first-order valence-electron chi connectivity index (χ1n) is 7.38. The molecule has 0 heterocycles. The van der Waals surface area contributed by atoms with Crippen LogP contribution in [0.15, 0.2) is 12.1 Å². The first kappa shape index (κ1) is 16.7. The van der Waals surface area contributed by atoms with Gasteiger partial charge in [0.15, 0.2) is 0 Å². The van der Waals surface area contributed by atoms with Crippen molar-refractivity contribution in [1.82, 2.24) is 0 Å². The molecule has 0 saturated heterocycles. The van der Waals surface area contributed by atoms with Gasteiger partial charge in [-0.1, -0.05) is 31.0 Å². The maximum Gasteiger partial charge on any atom is 0.307 e. The van der Waals surface area contributed by atoms with Crippen molar-refractivity contribution in [1.29, 1.82) is 0 Å². The van der Waals surface area contributed by atoms with E-state index in [4.69, 9.17) is 10.8 Å². The molecular formula is C17H27NO2. The number of carboxylic acid groups (broad SMARTS) is 1. The Bertz CT molecular complexity index is 468. The Labute approximate surface area is 122 Å². The lowest BCUT2D eigenvalue weighted by Gasteiger charge is -2.21. The second-order valence-electron chi connectivity index (χ2n) is 5.85. The Hall–Kier alpha value is -1.35. The normalized spacial score (nSPS) is 14.1. The topological polar surface area (TPSA) is 63.3 Å². The number of benzene rings is 1. The monoisotopic (exact) mass is 277 g/mol. The third-order valence-corrected chi connectivity index (χ3v) is 4.26. The van der Waals surface area contributed by atoms with Crippen LogP contribution >= 0.6 is 0 Å². The molecule has 112 valence electrons. The lowest BCUT2D eigenvalue weighted by molar-refractivity contribution is -0.142. The van der Waals surface area contributed by atoms with Crippen molar-refractivity contribution >= 4 is 5.97 Å². The highest BCUT2D eigenvalue weighted by Crippen LogP contribution is 2.24. The first-order valence-corrected chi connectivity index (χ1v) is 7.38. The second kappa shape index (κ2) is 7.44. The van der Waals surface area contributed by atoms with E-state index in [0.29, 0.717) is 12.3 Å². The van der Waals surface area contributed by atoms with Gasteiger partial charge >= 0.3 is 5.97 Å². The zero-order valence-electron chi connectivity index (χ0n) is 13.1. The summed E-state index contributed by atoms with van der Waals surface area (Å²) < 4.78 is 0. The fraction of sp³-hybridized carbons (Fsp3) is 0.588. The summed E-state index contributed by atoms with van der Waals surface area (Å²) in [6.07, 6.45) is 2.58. The summed E-state index contributed by atoms with van der Waals surface area (Å²) in [4.78, 5) is 11.1. The molecule has 0 spiro atoms. The van der Waals surface area contributed by atoms with Gasteiger partial charge in [-0.05, 0) is 56.2 Å². The molecule has 0 aliphatic heterocycles. The fourth-order valence-electron chi connectivity index (χ4n) is 2.75. The van der Waals surface area contributed by atoms with Gasteiger partial charge in [0.25, 0.3) is 0 Å². The van der Waals surface area contributed by atoms with E-state index in [1.807, 2.05) is 0 Å². The van der Waals surface area contributed by atoms with E-state index in [1.165, 1.54) is 22.3 Å². The van der Waals surface area contributed by atoms with E-state index in [0.717, 1.165) is 12.8 Å². The molecule has 0 aliphatic carbocycles. The van der Waals surface area contributed by atoms with Crippen molar-refractivity contribution in [3.05, 3.63) is 34.4 Å². The predicted octanol–water partition coefficient (Wildman–Crippen LogP) is 3.23. The third kappa shape index (κ3) is 4.34. The second-order valence-corrected chi connectivity index (χ2v) is 5.85. The summed E-state index contributed by atoms with van der Waals surface area (Å²) in [5.41, 5.74) is 10.8. The molecule has 1 rings (SSSR count). The largest absolute Gasteiger partial charge is 0.481 e. The van der Waals surface area contributed by atoms with Gasteiger partial charge in [0.2, 0.25) is 0 Å². The zero-order chi connectivity index (χ0) is 15.3. The molecule has 0 amide bonds. The fourth-order valence-corrected chi connectivity index (χ4v) is 2.75. The van der Waals surface area contributed by atoms with Crippen molar-refractivity contribution in [3.63, 3.8) is 0 Å². The highest BCUT2D eigenvalue weighted by atomic mass is 16.4. The van der Waals surface area contributed by atoms with Crippen molar-refractivity contribution in [2.45, 2.75) is 47.0 Å². The van der Waals surface area contributed by atoms with Gasteiger partial charge < -0.3 is 10.8 Å². The molecule has 2 atom stereocenters. The predicted molar refractivity (Wildman–Crippen MR) is 82.9 cm³/mol. The number of nitrogens with two attached hydrogens (primary N) is 1. The minimum Gasteiger partial charge on any atom is -0.481 e. The number of hydrogen-bond donors (Lipinski definition) is 2. The van der Waals surface area contributed by atoms with E-state index in [2.05, 4.69) is 39.8 Å². The molecule has 0 radical (unpaired) electrons. The Morgan fingerprint density at radius 3 is 2.45 bits per heavy atom. The maximum absolute atomic E-state index is 11.1. The van der Waals surface area contributed by atoms with Crippen LogP contribution in [-0.4, -0.2) is 17.6 Å². The van der Waals surface area contributed by atoms with Gasteiger partial charge in [0.05, 0.1) is 5.92 Å². The Morgan fingerprint density at radius 2 is 1.95 bits per heavy atom. The summed E-state index contributed by atoms with van der Waals surface area (Å²) in [5, 5.41) is 9.15. The van der Waals surface area contributed by atoms with Crippen LogP contribution in [0.4, 0.5) is 0 Å². The molecule has 0 aliphatic rings. The van der Waals surface area contributed by atoms with Gasteiger partial charge in [-0.2, -0.15) is 0 Å². The molecule has 1 aromatic rings. The van der Waals surface area contributed by atoms with E-state index < -0.39 is 11.9 Å². The number of carboxylic acids is 1. The van der Waals surface area contributed by atoms with Crippen LogP contribution in [0.2, 0.25) is 0 Å². The van der Waals surface area contributed by atoms with E-state index in [9.17, 15) is 4.79 Å². The van der Waals surface area contributed by atoms with Gasteiger partial charge in [0, 0.05) is 6.54 Å². The molecule has 0 aromatic heterocycles. The Balaban J connectivity index is 2.86. The van der Waals surface area contributed by atoms with Crippen molar-refractivity contribution in [2.24, 2.45) is 17.6 Å². The quantitative estimate of drug-likeness (QED) is 0.804. The summed E-state index contributed by atoms with van der Waals surface area (Å²) >= 11 is 0. The van der Waals surface area contributed by atoms with Crippen LogP contribution < -0.4 is 5.73 Å². The Kier molecular flexibility index (Phi) is 6.21. The lowest BCUT2D eigenvalue weighted by atomic mass is 9.85. The smallest absolute Gasteiger partial charge is 0.307 e. The van der Waals surface area contributed by atoms with Crippen molar-refractivity contribution < 1.29 is 9.90 Å². The minimum absolute atomic E-state index is 0.220. The molecule has 0 fully saturated rings. The van der Waals surface area contributed by atoms with Gasteiger partial charge in [-0.15, -0.1) is 0 Å². The van der Waals surface area contributed by atoms with Crippen LogP contribution in [-0.2, 0) is 11.2 Å². The van der Waals surface area contributed by atoms with Gasteiger partial charge in [-0.3, -0.25) is 4.79 Å². The van der Waals surface area contributed by atoms with Gasteiger partial charge in [0.1, 0.15) is 0 Å². The molecule has 2 unspecified atom stereocenters. The number of hydrogen-bond acceptors (Lipinski definition) is 2. The molecule has 0 bridgehead atoms. The van der Waals surface area contributed by atoms with Crippen molar-refractivity contribution in [3.8, 4) is 0 Å². The number of aliphatic carboxylic acids is 1. The highest BCUT2D eigenvalue weighted by molar-refractivity contribution is 5.70. The van der Waals surface area contributed by atoms with Crippen LogP contribution in [0.1, 0.15) is 42.0 Å².